The minimum Gasteiger partial charge on any atom is -0.379 e. The SMILES string of the molecule is Cc1ccc(CNc2cccc3cc(Br)cnc23)cc1. The Kier molecular flexibility index (Phi) is 3.70. The highest BCUT2D eigenvalue weighted by Crippen LogP contribution is 2.24. The van der Waals surface area contributed by atoms with E-state index < -0.39 is 0 Å². The summed E-state index contributed by atoms with van der Waals surface area (Å²) in [5.41, 5.74) is 4.62. The van der Waals surface area contributed by atoms with Gasteiger partial charge in [-0.05, 0) is 40.5 Å². The molecule has 0 aliphatic carbocycles. The number of pyridine rings is 1. The zero-order chi connectivity index (χ0) is 13.9. The molecule has 3 rings (SSSR count). The summed E-state index contributed by atoms with van der Waals surface area (Å²) in [6.07, 6.45) is 1.83. The third-order valence-corrected chi connectivity index (χ3v) is 3.71. The molecule has 0 amide bonds. The first-order chi connectivity index (χ1) is 9.72. The number of benzene rings is 2. The van der Waals surface area contributed by atoms with Crippen molar-refractivity contribution in [2.45, 2.75) is 13.5 Å². The molecule has 100 valence electrons. The van der Waals surface area contributed by atoms with E-state index >= 15 is 0 Å². The van der Waals surface area contributed by atoms with Gasteiger partial charge in [0.05, 0.1) is 11.2 Å². The summed E-state index contributed by atoms with van der Waals surface area (Å²) < 4.78 is 1.00. The van der Waals surface area contributed by atoms with Crippen molar-refractivity contribution in [3.05, 3.63) is 70.3 Å². The zero-order valence-corrected chi connectivity index (χ0v) is 12.8. The Morgan fingerprint density at radius 1 is 1.10 bits per heavy atom. The quantitative estimate of drug-likeness (QED) is 0.739. The predicted molar refractivity (Wildman–Crippen MR) is 87.9 cm³/mol. The Labute approximate surface area is 127 Å². The van der Waals surface area contributed by atoms with Crippen LogP contribution in [-0.2, 0) is 6.54 Å². The van der Waals surface area contributed by atoms with Crippen LogP contribution in [0, 0.1) is 6.92 Å². The van der Waals surface area contributed by atoms with Crippen molar-refractivity contribution in [3.63, 3.8) is 0 Å². The average Bonchev–Trinajstić information content (AvgIpc) is 2.46. The first-order valence-corrected chi connectivity index (χ1v) is 7.35. The number of fused-ring (bicyclic) bond motifs is 1. The van der Waals surface area contributed by atoms with Crippen LogP contribution < -0.4 is 5.32 Å². The molecule has 1 heterocycles. The lowest BCUT2D eigenvalue weighted by molar-refractivity contribution is 1.15. The number of para-hydroxylation sites is 1. The Bertz CT molecular complexity index is 736. The standard InChI is InChI=1S/C17H15BrN2/c1-12-5-7-13(8-6-12)10-19-16-4-2-3-14-9-15(18)11-20-17(14)16/h2-9,11,19H,10H2,1H3. The molecule has 3 aromatic rings. The number of nitrogens with zero attached hydrogens (tertiary/aromatic N) is 1. The topological polar surface area (TPSA) is 24.9 Å². The molecular formula is C17H15BrN2. The fraction of sp³-hybridized carbons (Fsp3) is 0.118. The van der Waals surface area contributed by atoms with Crippen LogP contribution in [0.4, 0.5) is 5.69 Å². The van der Waals surface area contributed by atoms with Crippen molar-refractivity contribution < 1.29 is 0 Å². The van der Waals surface area contributed by atoms with E-state index in [2.05, 4.69) is 75.6 Å². The van der Waals surface area contributed by atoms with Crippen LogP contribution in [-0.4, -0.2) is 4.98 Å². The maximum absolute atomic E-state index is 4.50. The van der Waals surface area contributed by atoms with E-state index in [1.165, 1.54) is 11.1 Å². The number of aromatic nitrogens is 1. The highest BCUT2D eigenvalue weighted by atomic mass is 79.9. The van der Waals surface area contributed by atoms with E-state index in [-0.39, 0.29) is 0 Å². The number of hydrogen-bond acceptors (Lipinski definition) is 2. The molecule has 0 fully saturated rings. The molecule has 0 aliphatic rings. The Morgan fingerprint density at radius 2 is 1.90 bits per heavy atom. The highest BCUT2D eigenvalue weighted by molar-refractivity contribution is 9.10. The van der Waals surface area contributed by atoms with Crippen LogP contribution in [0.5, 0.6) is 0 Å². The molecule has 2 nitrogen and oxygen atoms in total. The van der Waals surface area contributed by atoms with Gasteiger partial charge in [-0.25, -0.2) is 0 Å². The molecular weight excluding hydrogens is 312 g/mol. The summed E-state index contributed by atoms with van der Waals surface area (Å²) in [5.74, 6) is 0. The third-order valence-electron chi connectivity index (χ3n) is 3.28. The number of anilines is 1. The molecule has 0 radical (unpaired) electrons. The van der Waals surface area contributed by atoms with Crippen LogP contribution in [0.15, 0.2) is 59.2 Å². The van der Waals surface area contributed by atoms with E-state index in [0.717, 1.165) is 27.6 Å². The number of halogens is 1. The van der Waals surface area contributed by atoms with Crippen molar-refractivity contribution in [1.29, 1.82) is 0 Å². The van der Waals surface area contributed by atoms with Gasteiger partial charge in [-0.3, -0.25) is 4.98 Å². The zero-order valence-electron chi connectivity index (χ0n) is 11.2. The number of rotatable bonds is 3. The first-order valence-electron chi connectivity index (χ1n) is 6.56. The van der Waals surface area contributed by atoms with Gasteiger partial charge < -0.3 is 5.32 Å². The second-order valence-electron chi connectivity index (χ2n) is 4.87. The number of hydrogen-bond donors (Lipinski definition) is 1. The second-order valence-corrected chi connectivity index (χ2v) is 5.79. The summed E-state index contributed by atoms with van der Waals surface area (Å²) in [6.45, 7) is 2.90. The Morgan fingerprint density at radius 3 is 2.70 bits per heavy atom. The van der Waals surface area contributed by atoms with Crippen molar-refractivity contribution >= 4 is 32.5 Å². The summed E-state index contributed by atoms with van der Waals surface area (Å²) in [4.78, 5) is 4.50. The second kappa shape index (κ2) is 5.63. The van der Waals surface area contributed by atoms with Gasteiger partial charge in [0.2, 0.25) is 0 Å². The maximum Gasteiger partial charge on any atom is 0.0934 e. The average molecular weight is 327 g/mol. The molecule has 0 unspecified atom stereocenters. The van der Waals surface area contributed by atoms with Crippen molar-refractivity contribution in [2.24, 2.45) is 0 Å². The summed E-state index contributed by atoms with van der Waals surface area (Å²) in [5, 5.41) is 4.60. The predicted octanol–water partition coefficient (Wildman–Crippen LogP) is 4.92. The van der Waals surface area contributed by atoms with Crippen LogP contribution >= 0.6 is 15.9 Å². The number of nitrogens with one attached hydrogen (secondary N) is 1. The minimum atomic E-state index is 0.803. The molecule has 1 aromatic heterocycles. The molecule has 1 N–H and O–H groups in total. The van der Waals surface area contributed by atoms with Gasteiger partial charge in [0.15, 0.2) is 0 Å². The maximum atomic E-state index is 4.50. The van der Waals surface area contributed by atoms with E-state index in [9.17, 15) is 0 Å². The van der Waals surface area contributed by atoms with E-state index in [1.807, 2.05) is 12.3 Å². The fourth-order valence-electron chi connectivity index (χ4n) is 2.18. The third kappa shape index (κ3) is 2.83. The lowest BCUT2D eigenvalue weighted by Crippen LogP contribution is -2.00. The van der Waals surface area contributed by atoms with Gasteiger partial charge >= 0.3 is 0 Å². The molecule has 0 spiro atoms. The summed E-state index contributed by atoms with van der Waals surface area (Å²) in [6, 6.07) is 16.8. The van der Waals surface area contributed by atoms with Crippen LogP contribution in [0.3, 0.4) is 0 Å². The molecule has 0 saturated heterocycles. The lowest BCUT2D eigenvalue weighted by atomic mass is 10.1. The summed E-state index contributed by atoms with van der Waals surface area (Å²) in [7, 11) is 0. The van der Waals surface area contributed by atoms with Crippen LogP contribution in [0.2, 0.25) is 0 Å². The van der Waals surface area contributed by atoms with E-state index in [4.69, 9.17) is 0 Å². The van der Waals surface area contributed by atoms with Crippen LogP contribution in [0.1, 0.15) is 11.1 Å². The van der Waals surface area contributed by atoms with Gasteiger partial charge in [0.25, 0.3) is 0 Å². The highest BCUT2D eigenvalue weighted by Gasteiger charge is 2.02. The van der Waals surface area contributed by atoms with Crippen LogP contribution in [0.25, 0.3) is 10.9 Å². The molecule has 3 heteroatoms. The van der Waals surface area contributed by atoms with Gasteiger partial charge in [0.1, 0.15) is 0 Å². The van der Waals surface area contributed by atoms with Gasteiger partial charge in [-0.15, -0.1) is 0 Å². The monoisotopic (exact) mass is 326 g/mol. The fourth-order valence-corrected chi connectivity index (χ4v) is 2.53. The molecule has 0 aliphatic heterocycles. The van der Waals surface area contributed by atoms with E-state index in [1.54, 1.807) is 0 Å². The smallest absolute Gasteiger partial charge is 0.0934 e. The van der Waals surface area contributed by atoms with Gasteiger partial charge in [0, 0.05) is 22.6 Å². The van der Waals surface area contributed by atoms with E-state index in [0.29, 0.717) is 0 Å². The minimum absolute atomic E-state index is 0.803. The molecule has 0 saturated carbocycles. The van der Waals surface area contributed by atoms with Crippen molar-refractivity contribution in [2.75, 3.05) is 5.32 Å². The largest absolute Gasteiger partial charge is 0.379 e. The first kappa shape index (κ1) is 13.1. The van der Waals surface area contributed by atoms with Crippen molar-refractivity contribution in [3.8, 4) is 0 Å². The van der Waals surface area contributed by atoms with Gasteiger partial charge in [-0.2, -0.15) is 0 Å². The Balaban J connectivity index is 1.85. The molecule has 2 aromatic carbocycles. The summed E-state index contributed by atoms with van der Waals surface area (Å²) >= 11 is 3.46. The Hall–Kier alpha value is -1.87. The molecule has 0 bridgehead atoms. The van der Waals surface area contributed by atoms with Crippen molar-refractivity contribution in [1.82, 2.24) is 4.98 Å². The molecule has 0 atom stereocenters. The number of aryl methyl sites for hydroxylation is 1. The lowest BCUT2D eigenvalue weighted by Gasteiger charge is -2.09. The molecule has 20 heavy (non-hydrogen) atoms. The normalized spacial score (nSPS) is 10.7. The van der Waals surface area contributed by atoms with Gasteiger partial charge in [-0.1, -0.05) is 42.0 Å².